The number of hydrogen-bond donors (Lipinski definition) is 1. The molecule has 4 heteroatoms. The SMILES string of the molecule is CC(=O)N1Cc2ccc(NCc3ccccn3)cc2C=Cc2ccccc21. The normalized spacial score (nSPS) is 12.6. The predicted molar refractivity (Wildman–Crippen MR) is 110 cm³/mol. The minimum absolute atomic E-state index is 0.0426. The molecule has 2 heterocycles. The highest BCUT2D eigenvalue weighted by molar-refractivity contribution is 5.95. The van der Waals surface area contributed by atoms with Crippen molar-refractivity contribution in [3.63, 3.8) is 0 Å². The van der Waals surface area contributed by atoms with Crippen LogP contribution in [0.4, 0.5) is 11.4 Å². The van der Waals surface area contributed by atoms with Crippen molar-refractivity contribution >= 4 is 29.4 Å². The van der Waals surface area contributed by atoms with Gasteiger partial charge in [-0.05, 0) is 47.0 Å². The molecule has 0 unspecified atom stereocenters. The van der Waals surface area contributed by atoms with Crippen LogP contribution in [0.1, 0.15) is 29.3 Å². The molecule has 1 amide bonds. The first-order valence-corrected chi connectivity index (χ1v) is 9.02. The van der Waals surface area contributed by atoms with E-state index in [2.05, 4.69) is 40.7 Å². The minimum Gasteiger partial charge on any atom is -0.379 e. The van der Waals surface area contributed by atoms with Gasteiger partial charge in [0.1, 0.15) is 0 Å². The number of hydrogen-bond acceptors (Lipinski definition) is 3. The van der Waals surface area contributed by atoms with Crippen LogP contribution < -0.4 is 10.2 Å². The average molecular weight is 355 g/mol. The Balaban J connectivity index is 1.64. The van der Waals surface area contributed by atoms with Gasteiger partial charge >= 0.3 is 0 Å². The van der Waals surface area contributed by atoms with E-state index in [-0.39, 0.29) is 5.91 Å². The van der Waals surface area contributed by atoms with Crippen molar-refractivity contribution in [2.24, 2.45) is 0 Å². The van der Waals surface area contributed by atoms with Gasteiger partial charge in [0.25, 0.3) is 0 Å². The van der Waals surface area contributed by atoms with Crippen LogP contribution in [0.25, 0.3) is 12.2 Å². The lowest BCUT2D eigenvalue weighted by atomic mass is 10.0. The molecule has 4 rings (SSSR count). The van der Waals surface area contributed by atoms with E-state index in [0.717, 1.165) is 33.8 Å². The maximum atomic E-state index is 12.2. The van der Waals surface area contributed by atoms with E-state index in [1.54, 1.807) is 13.1 Å². The van der Waals surface area contributed by atoms with Crippen molar-refractivity contribution in [1.82, 2.24) is 4.98 Å². The average Bonchev–Trinajstić information content (AvgIpc) is 2.69. The fourth-order valence-corrected chi connectivity index (χ4v) is 3.29. The molecule has 27 heavy (non-hydrogen) atoms. The van der Waals surface area contributed by atoms with Gasteiger partial charge in [-0.2, -0.15) is 0 Å². The highest BCUT2D eigenvalue weighted by Gasteiger charge is 2.18. The van der Waals surface area contributed by atoms with Crippen molar-refractivity contribution in [3.8, 4) is 0 Å². The Morgan fingerprint density at radius 3 is 2.67 bits per heavy atom. The molecule has 1 aromatic heterocycles. The zero-order valence-corrected chi connectivity index (χ0v) is 15.2. The van der Waals surface area contributed by atoms with Gasteiger partial charge in [-0.15, -0.1) is 0 Å². The number of aromatic nitrogens is 1. The van der Waals surface area contributed by atoms with Crippen LogP contribution in [0, 0.1) is 0 Å². The molecule has 0 fully saturated rings. The third-order valence-corrected chi connectivity index (χ3v) is 4.72. The molecule has 0 spiro atoms. The zero-order valence-electron chi connectivity index (χ0n) is 15.2. The third kappa shape index (κ3) is 3.75. The highest BCUT2D eigenvalue weighted by atomic mass is 16.2. The molecule has 2 aromatic carbocycles. The number of amides is 1. The second-order valence-corrected chi connectivity index (χ2v) is 6.59. The van der Waals surface area contributed by atoms with Gasteiger partial charge in [-0.3, -0.25) is 9.78 Å². The van der Waals surface area contributed by atoms with Crippen LogP contribution in [0.15, 0.2) is 66.9 Å². The van der Waals surface area contributed by atoms with E-state index in [0.29, 0.717) is 13.1 Å². The van der Waals surface area contributed by atoms with Crippen molar-refractivity contribution in [1.29, 1.82) is 0 Å². The van der Waals surface area contributed by atoms with Gasteiger partial charge in [-0.25, -0.2) is 0 Å². The molecule has 0 bridgehead atoms. The smallest absolute Gasteiger partial charge is 0.224 e. The van der Waals surface area contributed by atoms with Crippen molar-refractivity contribution in [2.45, 2.75) is 20.0 Å². The quantitative estimate of drug-likeness (QED) is 0.739. The van der Waals surface area contributed by atoms with E-state index in [1.807, 2.05) is 47.4 Å². The summed E-state index contributed by atoms with van der Waals surface area (Å²) in [6.45, 7) is 2.85. The van der Waals surface area contributed by atoms with E-state index in [1.165, 1.54) is 0 Å². The van der Waals surface area contributed by atoms with Crippen LogP contribution >= 0.6 is 0 Å². The van der Waals surface area contributed by atoms with Crippen LogP contribution in [-0.4, -0.2) is 10.9 Å². The number of rotatable bonds is 3. The summed E-state index contributed by atoms with van der Waals surface area (Å²) in [5.41, 5.74) is 6.26. The summed E-state index contributed by atoms with van der Waals surface area (Å²) in [5.74, 6) is 0.0426. The van der Waals surface area contributed by atoms with Crippen LogP contribution in [0.2, 0.25) is 0 Å². The second-order valence-electron chi connectivity index (χ2n) is 6.59. The first-order chi connectivity index (χ1) is 13.2. The lowest BCUT2D eigenvalue weighted by Gasteiger charge is -2.26. The van der Waals surface area contributed by atoms with Gasteiger partial charge in [0.15, 0.2) is 0 Å². The predicted octanol–water partition coefficient (Wildman–Crippen LogP) is 4.73. The molecule has 1 aliphatic heterocycles. The molecule has 1 N–H and O–H groups in total. The number of carbonyl (C=O) groups is 1. The lowest BCUT2D eigenvalue weighted by molar-refractivity contribution is -0.116. The minimum atomic E-state index is 0.0426. The number of anilines is 2. The summed E-state index contributed by atoms with van der Waals surface area (Å²) >= 11 is 0. The summed E-state index contributed by atoms with van der Waals surface area (Å²) in [7, 11) is 0. The molecule has 0 radical (unpaired) electrons. The molecule has 134 valence electrons. The zero-order chi connectivity index (χ0) is 18.6. The van der Waals surface area contributed by atoms with Crippen LogP contribution in [-0.2, 0) is 17.9 Å². The second kappa shape index (κ2) is 7.46. The molecular weight excluding hydrogens is 334 g/mol. The number of benzene rings is 2. The molecule has 0 aliphatic carbocycles. The van der Waals surface area contributed by atoms with Crippen molar-refractivity contribution < 1.29 is 4.79 Å². The summed E-state index contributed by atoms with van der Waals surface area (Å²) in [4.78, 5) is 18.4. The van der Waals surface area contributed by atoms with E-state index in [4.69, 9.17) is 0 Å². The van der Waals surface area contributed by atoms with Gasteiger partial charge < -0.3 is 10.2 Å². The maximum absolute atomic E-state index is 12.2. The Morgan fingerprint density at radius 1 is 1.04 bits per heavy atom. The third-order valence-electron chi connectivity index (χ3n) is 4.72. The van der Waals surface area contributed by atoms with Gasteiger partial charge in [-0.1, -0.05) is 42.5 Å². The fourth-order valence-electron chi connectivity index (χ4n) is 3.29. The van der Waals surface area contributed by atoms with Gasteiger partial charge in [0.05, 0.1) is 24.5 Å². The molecule has 0 saturated carbocycles. The monoisotopic (exact) mass is 355 g/mol. The van der Waals surface area contributed by atoms with E-state index in [9.17, 15) is 4.79 Å². The van der Waals surface area contributed by atoms with Crippen molar-refractivity contribution in [2.75, 3.05) is 10.2 Å². The molecule has 3 aromatic rings. The van der Waals surface area contributed by atoms with E-state index >= 15 is 0 Å². The van der Waals surface area contributed by atoms with Gasteiger partial charge in [0, 0.05) is 18.8 Å². The standard InChI is InChI=1S/C23H21N3O/c1-17(27)26-16-20-11-12-21(25-15-22-7-4-5-13-24-22)14-19(20)10-9-18-6-2-3-8-23(18)26/h2-14,25H,15-16H2,1H3. The Labute approximate surface area is 159 Å². The molecule has 0 saturated heterocycles. The summed E-state index contributed by atoms with van der Waals surface area (Å²) < 4.78 is 0. The fraction of sp³-hybridized carbons (Fsp3) is 0.130. The molecule has 1 aliphatic rings. The Bertz CT molecular complexity index is 996. The maximum Gasteiger partial charge on any atom is 0.224 e. The van der Waals surface area contributed by atoms with Gasteiger partial charge in [0.2, 0.25) is 5.91 Å². The van der Waals surface area contributed by atoms with Crippen LogP contribution in [0.5, 0.6) is 0 Å². The summed E-state index contributed by atoms with van der Waals surface area (Å²) in [6, 6.07) is 20.2. The number of nitrogens with one attached hydrogen (secondary N) is 1. The van der Waals surface area contributed by atoms with Crippen molar-refractivity contribution in [3.05, 3.63) is 89.2 Å². The number of fused-ring (bicyclic) bond motifs is 2. The van der Waals surface area contributed by atoms with E-state index < -0.39 is 0 Å². The number of nitrogens with zero attached hydrogens (tertiary/aromatic N) is 2. The highest BCUT2D eigenvalue weighted by Crippen LogP contribution is 2.30. The first-order valence-electron chi connectivity index (χ1n) is 9.02. The molecule has 0 atom stereocenters. The lowest BCUT2D eigenvalue weighted by Crippen LogP contribution is -2.29. The summed E-state index contributed by atoms with van der Waals surface area (Å²) in [5, 5.41) is 3.42. The number of carbonyl (C=O) groups excluding carboxylic acids is 1. The Kier molecular flexibility index (Phi) is 4.71. The van der Waals surface area contributed by atoms with Crippen LogP contribution in [0.3, 0.4) is 0 Å². The Morgan fingerprint density at radius 2 is 1.85 bits per heavy atom. The molecular formula is C23H21N3O. The summed E-state index contributed by atoms with van der Waals surface area (Å²) in [6.07, 6.45) is 6.00. The number of para-hydroxylation sites is 1. The largest absolute Gasteiger partial charge is 0.379 e. The Hall–Kier alpha value is -3.40. The first kappa shape index (κ1) is 17.0. The molecule has 4 nitrogen and oxygen atoms in total. The number of pyridine rings is 1. The topological polar surface area (TPSA) is 45.2 Å².